The first-order valence-corrected chi connectivity index (χ1v) is 11.5. The second kappa shape index (κ2) is 9.70. The molecular formula is C23H28N4O4S. The number of rotatable bonds is 7. The highest BCUT2D eigenvalue weighted by molar-refractivity contribution is 7.12. The number of piperidine rings is 1. The minimum Gasteiger partial charge on any atom is -0.493 e. The molecule has 1 fully saturated rings. The van der Waals surface area contributed by atoms with Gasteiger partial charge in [-0.3, -0.25) is 14.5 Å². The van der Waals surface area contributed by atoms with Crippen molar-refractivity contribution in [3.05, 3.63) is 46.2 Å². The molecule has 3 heterocycles. The van der Waals surface area contributed by atoms with Gasteiger partial charge in [0, 0.05) is 13.0 Å². The lowest BCUT2D eigenvalue weighted by molar-refractivity contribution is -0.135. The third-order valence-corrected chi connectivity index (χ3v) is 6.95. The van der Waals surface area contributed by atoms with Gasteiger partial charge in [-0.25, -0.2) is 5.01 Å². The molecule has 9 heteroatoms. The monoisotopic (exact) mass is 456 g/mol. The minimum atomic E-state index is -0.301. The van der Waals surface area contributed by atoms with Gasteiger partial charge in [-0.2, -0.15) is 5.10 Å². The Morgan fingerprint density at radius 1 is 1.22 bits per heavy atom. The molecular weight excluding hydrogens is 428 g/mol. The van der Waals surface area contributed by atoms with Crippen LogP contribution in [-0.4, -0.2) is 61.3 Å². The van der Waals surface area contributed by atoms with Gasteiger partial charge in [0.1, 0.15) is 0 Å². The van der Waals surface area contributed by atoms with E-state index in [4.69, 9.17) is 20.3 Å². The Hall–Kier alpha value is -2.91. The summed E-state index contributed by atoms with van der Waals surface area (Å²) in [5, 5.41) is 8.32. The van der Waals surface area contributed by atoms with E-state index in [-0.39, 0.29) is 30.3 Å². The zero-order valence-corrected chi connectivity index (χ0v) is 19.1. The Kier molecular flexibility index (Phi) is 6.76. The van der Waals surface area contributed by atoms with E-state index in [2.05, 4.69) is 0 Å². The number of nitrogens with two attached hydrogens (primary N) is 1. The first-order valence-electron chi connectivity index (χ1n) is 10.7. The summed E-state index contributed by atoms with van der Waals surface area (Å²) in [6.07, 6.45) is 2.24. The second-order valence-corrected chi connectivity index (χ2v) is 9.02. The molecule has 0 aliphatic carbocycles. The molecule has 1 aromatic carbocycles. The van der Waals surface area contributed by atoms with Crippen LogP contribution in [0.2, 0.25) is 0 Å². The average Bonchev–Trinajstić information content (AvgIpc) is 3.49. The number of nitrogens with zero attached hydrogens (tertiary/aromatic N) is 3. The van der Waals surface area contributed by atoms with Crippen molar-refractivity contribution in [1.82, 2.24) is 9.91 Å². The minimum absolute atomic E-state index is 0.0959. The fourth-order valence-corrected chi connectivity index (χ4v) is 5.07. The number of likely N-dealkylation sites (tertiary alicyclic amines) is 1. The maximum atomic E-state index is 13.4. The number of hydrogen-bond donors (Lipinski definition) is 1. The van der Waals surface area contributed by atoms with Gasteiger partial charge in [0.2, 0.25) is 5.91 Å². The van der Waals surface area contributed by atoms with Crippen molar-refractivity contribution >= 4 is 28.9 Å². The van der Waals surface area contributed by atoms with Crippen LogP contribution in [-0.2, 0) is 9.59 Å². The second-order valence-electron chi connectivity index (χ2n) is 8.07. The Morgan fingerprint density at radius 2 is 2.03 bits per heavy atom. The third kappa shape index (κ3) is 4.63. The van der Waals surface area contributed by atoms with Crippen LogP contribution in [0, 0.1) is 5.92 Å². The fourth-order valence-electron chi connectivity index (χ4n) is 4.35. The third-order valence-electron chi connectivity index (χ3n) is 6.03. The number of carbonyl (C=O) groups excluding carboxylic acids is 2. The van der Waals surface area contributed by atoms with Crippen LogP contribution in [0.4, 0.5) is 0 Å². The van der Waals surface area contributed by atoms with E-state index in [1.54, 1.807) is 30.6 Å². The van der Waals surface area contributed by atoms with Crippen LogP contribution in [0.3, 0.4) is 0 Å². The smallest absolute Gasteiger partial charge is 0.257 e. The summed E-state index contributed by atoms with van der Waals surface area (Å²) < 4.78 is 10.8. The summed E-state index contributed by atoms with van der Waals surface area (Å²) in [4.78, 5) is 28.1. The molecule has 8 nitrogen and oxygen atoms in total. The summed E-state index contributed by atoms with van der Waals surface area (Å²) in [7, 11) is 3.19. The SMILES string of the molecule is COc1ccc(C2CC(c3cccs3)=NN2C(=O)CN2CCCC(C(N)=O)C2)cc1OC. The molecule has 2 amide bonds. The molecule has 170 valence electrons. The quantitative estimate of drug-likeness (QED) is 0.691. The number of ether oxygens (including phenoxy) is 2. The molecule has 4 rings (SSSR count). The normalized spacial score (nSPS) is 21.3. The van der Waals surface area contributed by atoms with Crippen LogP contribution in [0.5, 0.6) is 11.5 Å². The van der Waals surface area contributed by atoms with Gasteiger partial charge in [0.15, 0.2) is 11.5 Å². The molecule has 32 heavy (non-hydrogen) atoms. The van der Waals surface area contributed by atoms with Gasteiger partial charge in [-0.15, -0.1) is 11.3 Å². The number of hydrazone groups is 1. The first kappa shape index (κ1) is 22.3. The summed E-state index contributed by atoms with van der Waals surface area (Å²) in [5.74, 6) is 0.646. The molecule has 2 N–H and O–H groups in total. The van der Waals surface area contributed by atoms with Crippen molar-refractivity contribution in [2.75, 3.05) is 33.9 Å². The van der Waals surface area contributed by atoms with Crippen LogP contribution >= 0.6 is 11.3 Å². The maximum Gasteiger partial charge on any atom is 0.257 e. The molecule has 2 aliphatic rings. The summed E-state index contributed by atoms with van der Waals surface area (Å²) in [5.41, 5.74) is 7.32. The zero-order valence-electron chi connectivity index (χ0n) is 18.3. The molecule has 2 aliphatic heterocycles. The van der Waals surface area contributed by atoms with E-state index in [9.17, 15) is 9.59 Å². The maximum absolute atomic E-state index is 13.4. The van der Waals surface area contributed by atoms with E-state index in [1.165, 1.54) is 0 Å². The highest BCUT2D eigenvalue weighted by Crippen LogP contribution is 2.38. The number of methoxy groups -OCH3 is 2. The Morgan fingerprint density at radius 3 is 2.72 bits per heavy atom. The molecule has 0 spiro atoms. The Bertz CT molecular complexity index is 1010. The molecule has 0 radical (unpaired) electrons. The number of amides is 2. The molecule has 1 aromatic heterocycles. The van der Waals surface area contributed by atoms with Gasteiger partial charge in [-0.05, 0) is 48.5 Å². The van der Waals surface area contributed by atoms with E-state index < -0.39 is 0 Å². The lowest BCUT2D eigenvalue weighted by Gasteiger charge is -2.32. The highest BCUT2D eigenvalue weighted by Gasteiger charge is 2.35. The molecule has 2 atom stereocenters. The van der Waals surface area contributed by atoms with E-state index in [0.29, 0.717) is 24.5 Å². The van der Waals surface area contributed by atoms with Gasteiger partial charge >= 0.3 is 0 Å². The number of thiophene rings is 1. The predicted octanol–water partition coefficient (Wildman–Crippen LogP) is 2.64. The summed E-state index contributed by atoms with van der Waals surface area (Å²) >= 11 is 1.61. The van der Waals surface area contributed by atoms with Crippen molar-refractivity contribution in [1.29, 1.82) is 0 Å². The lowest BCUT2D eigenvalue weighted by Crippen LogP contribution is -2.45. The lowest BCUT2D eigenvalue weighted by atomic mass is 9.97. The fraction of sp³-hybridized carbons (Fsp3) is 0.435. The number of hydrogen-bond acceptors (Lipinski definition) is 7. The van der Waals surface area contributed by atoms with Crippen LogP contribution in [0.1, 0.15) is 35.7 Å². The zero-order chi connectivity index (χ0) is 22.7. The van der Waals surface area contributed by atoms with Gasteiger partial charge in [-0.1, -0.05) is 12.1 Å². The molecule has 2 unspecified atom stereocenters. The van der Waals surface area contributed by atoms with Crippen molar-refractivity contribution in [2.24, 2.45) is 16.8 Å². The standard InChI is InChI=1S/C23H28N4O4S/c1-30-19-8-7-15(11-20(19)31-2)18-12-17(21-6-4-10-32-21)25-27(18)22(28)14-26-9-3-5-16(13-26)23(24)29/h4,6-8,10-11,16,18H,3,5,9,12-14H2,1-2H3,(H2,24,29). The van der Waals surface area contributed by atoms with Gasteiger partial charge < -0.3 is 15.2 Å². The van der Waals surface area contributed by atoms with E-state index in [1.807, 2.05) is 40.6 Å². The average molecular weight is 457 g/mol. The van der Waals surface area contributed by atoms with E-state index in [0.717, 1.165) is 35.5 Å². The van der Waals surface area contributed by atoms with Crippen molar-refractivity contribution in [3.63, 3.8) is 0 Å². The molecule has 0 saturated carbocycles. The molecule has 0 bridgehead atoms. The Labute approximate surface area is 191 Å². The number of primary amides is 1. The van der Waals surface area contributed by atoms with Crippen molar-refractivity contribution in [3.8, 4) is 11.5 Å². The largest absolute Gasteiger partial charge is 0.493 e. The Balaban J connectivity index is 1.58. The number of benzene rings is 1. The highest BCUT2D eigenvalue weighted by atomic mass is 32.1. The van der Waals surface area contributed by atoms with Gasteiger partial charge in [0.25, 0.3) is 5.91 Å². The topological polar surface area (TPSA) is 97.5 Å². The first-order chi connectivity index (χ1) is 15.5. The number of carbonyl (C=O) groups is 2. The van der Waals surface area contributed by atoms with Gasteiger partial charge in [0.05, 0.1) is 43.3 Å². The summed E-state index contributed by atoms with van der Waals surface area (Å²) in [6, 6.07) is 9.46. The van der Waals surface area contributed by atoms with Crippen molar-refractivity contribution in [2.45, 2.75) is 25.3 Å². The van der Waals surface area contributed by atoms with Crippen molar-refractivity contribution < 1.29 is 19.1 Å². The summed E-state index contributed by atoms with van der Waals surface area (Å²) in [6.45, 7) is 1.48. The molecule has 1 saturated heterocycles. The predicted molar refractivity (Wildman–Crippen MR) is 123 cm³/mol. The van der Waals surface area contributed by atoms with Crippen LogP contribution in [0.15, 0.2) is 40.8 Å². The molecule has 2 aromatic rings. The van der Waals surface area contributed by atoms with Crippen LogP contribution in [0.25, 0.3) is 0 Å². The van der Waals surface area contributed by atoms with Crippen LogP contribution < -0.4 is 15.2 Å². The van der Waals surface area contributed by atoms with E-state index >= 15 is 0 Å².